The molecular formula is C71H47Cl4F8N9. The van der Waals surface area contributed by atoms with E-state index in [9.17, 15) is 40.4 Å². The lowest BCUT2D eigenvalue weighted by Crippen LogP contribution is -2.03. The molecule has 0 N–H and O–H groups in total. The SMILES string of the molecule is Cc1cc(F)c(-c2c(Cl)nnc(C)c2-c2ccc(Cl)cc2)c(F)c1.Cc1cc(F)c(-c2c(Cl)nnc(C)c2-c2ccccc2)c(F)c1.Cc1nnc(C#N)c(-c2c(F)cccc2F)c1-c1ccccc1.Cc1nnc(Cl)c(-c2c(F)cccc2F)c1-c1ccccc1. The van der Waals surface area contributed by atoms with E-state index < -0.39 is 46.5 Å². The van der Waals surface area contributed by atoms with E-state index in [1.54, 1.807) is 77.9 Å². The molecule has 0 aliphatic heterocycles. The largest absolute Gasteiger partial charge is 0.206 e. The first-order valence-electron chi connectivity index (χ1n) is 27.7. The van der Waals surface area contributed by atoms with E-state index in [0.717, 1.165) is 23.3 Å². The predicted octanol–water partition coefficient (Wildman–Crippen LogP) is 20.7. The van der Waals surface area contributed by atoms with Gasteiger partial charge in [-0.05, 0) is 136 Å². The van der Waals surface area contributed by atoms with Crippen LogP contribution in [0.5, 0.6) is 0 Å². The summed E-state index contributed by atoms with van der Waals surface area (Å²) in [5, 5.41) is 40.9. The molecule has 8 aromatic carbocycles. The molecule has 0 radical (unpaired) electrons. The molecule has 9 nitrogen and oxygen atoms in total. The topological polar surface area (TPSA) is 127 Å². The highest BCUT2D eigenvalue weighted by atomic mass is 35.5. The molecule has 0 aliphatic rings. The van der Waals surface area contributed by atoms with Crippen LogP contribution in [0.2, 0.25) is 20.5 Å². The number of aromatic nitrogens is 8. The Morgan fingerprint density at radius 1 is 0.272 bits per heavy atom. The summed E-state index contributed by atoms with van der Waals surface area (Å²) in [5.74, 6) is -5.60. The van der Waals surface area contributed by atoms with Crippen LogP contribution in [0.15, 0.2) is 176 Å². The predicted molar refractivity (Wildman–Crippen MR) is 344 cm³/mol. The highest BCUT2D eigenvalue weighted by Crippen LogP contribution is 2.44. The van der Waals surface area contributed by atoms with Crippen LogP contribution in [0, 0.1) is 99.4 Å². The number of halogens is 12. The van der Waals surface area contributed by atoms with Gasteiger partial charge in [-0.15, -0.1) is 20.4 Å². The monoisotopic (exact) mass is 1320 g/mol. The lowest BCUT2D eigenvalue weighted by molar-refractivity contribution is 0.586. The molecule has 0 atom stereocenters. The maximum Gasteiger partial charge on any atom is 0.171 e. The van der Waals surface area contributed by atoms with Crippen LogP contribution in [0.25, 0.3) is 89.0 Å². The fraction of sp³-hybridized carbons (Fsp3) is 0.0845. The van der Waals surface area contributed by atoms with E-state index in [1.807, 2.05) is 84.9 Å². The summed E-state index contributed by atoms with van der Waals surface area (Å²) >= 11 is 24.4. The molecule has 21 heteroatoms. The first-order valence-corrected chi connectivity index (χ1v) is 29.2. The first kappa shape index (κ1) is 66.6. The fourth-order valence-corrected chi connectivity index (χ4v) is 11.0. The van der Waals surface area contributed by atoms with Gasteiger partial charge in [-0.2, -0.15) is 25.7 Å². The molecule has 92 heavy (non-hydrogen) atoms. The maximum absolute atomic E-state index is 14.5. The average molecular weight is 1320 g/mol. The van der Waals surface area contributed by atoms with Crippen LogP contribution < -0.4 is 0 Å². The molecule has 0 fully saturated rings. The minimum absolute atomic E-state index is 0.0314. The zero-order valence-corrected chi connectivity index (χ0v) is 52.3. The highest BCUT2D eigenvalue weighted by Gasteiger charge is 2.27. The Morgan fingerprint density at radius 2 is 0.533 bits per heavy atom. The van der Waals surface area contributed by atoms with Crippen LogP contribution in [0.1, 0.15) is 39.6 Å². The van der Waals surface area contributed by atoms with E-state index in [-0.39, 0.29) is 65.7 Å². The molecule has 12 rings (SSSR count). The third kappa shape index (κ3) is 14.5. The number of benzene rings is 8. The second kappa shape index (κ2) is 29.4. The lowest BCUT2D eigenvalue weighted by atomic mass is 9.92. The lowest BCUT2D eigenvalue weighted by Gasteiger charge is -2.15. The second-order valence-corrected chi connectivity index (χ2v) is 22.0. The first-order chi connectivity index (χ1) is 44.1. The Labute approximate surface area is 543 Å². The number of hydrogen-bond donors (Lipinski definition) is 0. The number of nitriles is 1. The van der Waals surface area contributed by atoms with Crippen molar-refractivity contribution >= 4 is 46.4 Å². The van der Waals surface area contributed by atoms with Gasteiger partial charge in [-0.1, -0.05) is 162 Å². The van der Waals surface area contributed by atoms with Gasteiger partial charge < -0.3 is 0 Å². The Balaban J connectivity index is 0.000000145. The van der Waals surface area contributed by atoms with Crippen molar-refractivity contribution < 1.29 is 35.1 Å². The Hall–Kier alpha value is -9.83. The van der Waals surface area contributed by atoms with Crippen molar-refractivity contribution in [2.24, 2.45) is 0 Å². The average Bonchev–Trinajstić information content (AvgIpc) is 0.798. The minimum Gasteiger partial charge on any atom is -0.206 e. The Morgan fingerprint density at radius 3 is 0.837 bits per heavy atom. The molecule has 0 bridgehead atoms. The fourth-order valence-electron chi connectivity index (χ4n) is 10.2. The second-order valence-electron chi connectivity index (χ2n) is 20.5. The number of hydrogen-bond acceptors (Lipinski definition) is 9. The zero-order valence-electron chi connectivity index (χ0n) is 49.3. The van der Waals surface area contributed by atoms with Crippen LogP contribution in [-0.4, -0.2) is 40.8 Å². The molecule has 0 saturated carbocycles. The normalized spacial score (nSPS) is 10.7. The van der Waals surface area contributed by atoms with Crippen molar-refractivity contribution in [3.8, 4) is 95.1 Å². The van der Waals surface area contributed by atoms with Gasteiger partial charge in [-0.3, -0.25) is 0 Å². The summed E-state index contributed by atoms with van der Waals surface area (Å²) in [4.78, 5) is 0. The summed E-state index contributed by atoms with van der Waals surface area (Å²) in [7, 11) is 0. The van der Waals surface area contributed by atoms with Gasteiger partial charge in [0.05, 0.1) is 45.0 Å². The Kier molecular flexibility index (Phi) is 21.3. The summed E-state index contributed by atoms with van der Waals surface area (Å²) in [6, 6.07) is 48.6. The molecule has 4 aromatic heterocycles. The summed E-state index contributed by atoms with van der Waals surface area (Å²) in [6.07, 6.45) is 0. The van der Waals surface area contributed by atoms with Crippen LogP contribution in [0.4, 0.5) is 35.1 Å². The molecular weight excluding hydrogens is 1270 g/mol. The van der Waals surface area contributed by atoms with Gasteiger partial charge in [0.1, 0.15) is 52.6 Å². The number of aryl methyl sites for hydroxylation is 6. The maximum atomic E-state index is 14.5. The molecule has 0 spiro atoms. The van der Waals surface area contributed by atoms with Gasteiger partial charge in [0, 0.05) is 49.5 Å². The van der Waals surface area contributed by atoms with Crippen LogP contribution in [-0.2, 0) is 0 Å². The standard InChI is InChI=1S/C18H12Cl2F2N2.C18H13ClF2N2.C18H11F2N3.C17H11ClF2N2/c1-9-7-13(21)16(14(22)8-9)17-15(10(2)23-24-18(17)20)11-3-5-12(19)6-4-11;1-10-8-13(20)16(14(21)9-10)17-15(11(2)22-23-18(17)19)12-6-4-3-5-7-12;1-11-16(12-6-3-2-4-7-12)18(15(10-21)23-22-11)17-13(19)8-5-9-14(17)20;1-10-14(11-6-3-2-4-7-11)16(17(18)22-21-10)15-12(19)8-5-9-13(15)20/h3-8H,1-2H3;3-9H,1-2H3;2-9H,1H3;2-9H,1H3. The van der Waals surface area contributed by atoms with Crippen molar-refractivity contribution in [3.05, 3.63) is 283 Å². The molecule has 4 heterocycles. The van der Waals surface area contributed by atoms with Crippen LogP contribution >= 0.6 is 46.4 Å². The summed E-state index contributed by atoms with van der Waals surface area (Å²) < 4.78 is 115. The molecule has 460 valence electrons. The van der Waals surface area contributed by atoms with E-state index in [4.69, 9.17) is 46.4 Å². The van der Waals surface area contributed by atoms with Crippen molar-refractivity contribution in [2.45, 2.75) is 41.5 Å². The molecule has 0 aliphatic carbocycles. The number of nitrogens with zero attached hydrogens (tertiary/aromatic N) is 9. The molecule has 0 saturated heterocycles. The molecule has 0 unspecified atom stereocenters. The van der Waals surface area contributed by atoms with E-state index in [0.29, 0.717) is 72.3 Å². The van der Waals surface area contributed by atoms with Crippen molar-refractivity contribution in [1.29, 1.82) is 5.26 Å². The van der Waals surface area contributed by atoms with E-state index >= 15 is 0 Å². The minimum atomic E-state index is -0.744. The van der Waals surface area contributed by atoms with Gasteiger partial charge >= 0.3 is 0 Å². The third-order valence-electron chi connectivity index (χ3n) is 14.2. The van der Waals surface area contributed by atoms with Crippen molar-refractivity contribution in [1.82, 2.24) is 40.8 Å². The summed E-state index contributed by atoms with van der Waals surface area (Å²) in [6.45, 7) is 10.1. The molecule has 12 aromatic rings. The zero-order chi connectivity index (χ0) is 66.1. The Bertz CT molecular complexity index is 4670. The van der Waals surface area contributed by atoms with Crippen molar-refractivity contribution in [2.75, 3.05) is 0 Å². The highest BCUT2D eigenvalue weighted by molar-refractivity contribution is 6.34. The third-order valence-corrected chi connectivity index (χ3v) is 15.2. The van der Waals surface area contributed by atoms with Gasteiger partial charge in [0.25, 0.3) is 0 Å². The summed E-state index contributed by atoms with van der Waals surface area (Å²) in [5.41, 5.74) is 8.01. The van der Waals surface area contributed by atoms with Gasteiger partial charge in [0.15, 0.2) is 21.2 Å². The van der Waals surface area contributed by atoms with Gasteiger partial charge in [0.2, 0.25) is 0 Å². The van der Waals surface area contributed by atoms with Crippen LogP contribution in [0.3, 0.4) is 0 Å². The smallest absolute Gasteiger partial charge is 0.171 e. The van der Waals surface area contributed by atoms with Crippen molar-refractivity contribution in [3.63, 3.8) is 0 Å². The number of rotatable bonds is 8. The van der Waals surface area contributed by atoms with E-state index in [2.05, 4.69) is 40.8 Å². The molecule has 0 amide bonds. The quantitative estimate of drug-likeness (QED) is 0.137. The van der Waals surface area contributed by atoms with Gasteiger partial charge in [-0.25, -0.2) is 35.1 Å². The van der Waals surface area contributed by atoms with E-state index in [1.165, 1.54) is 48.5 Å².